The second kappa shape index (κ2) is 11.5. The molecule has 2 aromatic carbocycles. The van der Waals surface area contributed by atoms with Crippen molar-refractivity contribution in [2.45, 2.75) is 84.3 Å². The van der Waals surface area contributed by atoms with Gasteiger partial charge in [0.25, 0.3) is 8.32 Å². The van der Waals surface area contributed by atoms with Crippen LogP contribution in [0.3, 0.4) is 0 Å². The van der Waals surface area contributed by atoms with Crippen molar-refractivity contribution in [1.29, 1.82) is 0 Å². The zero-order valence-electron chi connectivity index (χ0n) is 21.2. The minimum Gasteiger partial charge on any atom is -0.466 e. The average Bonchev–Trinajstić information content (AvgIpc) is 2.81. The highest BCUT2D eigenvalue weighted by molar-refractivity contribution is 6.99. The Labute approximate surface area is 202 Å². The maximum Gasteiger partial charge on any atom is 0.311 e. The third-order valence-corrected chi connectivity index (χ3v) is 12.3. The van der Waals surface area contributed by atoms with Crippen LogP contribution in [-0.2, 0) is 14.0 Å². The molecule has 0 unspecified atom stereocenters. The van der Waals surface area contributed by atoms with Gasteiger partial charge in [0.05, 0.1) is 18.6 Å². The van der Waals surface area contributed by atoms with Crippen LogP contribution in [0.4, 0.5) is 0 Å². The van der Waals surface area contributed by atoms with E-state index in [0.717, 1.165) is 38.5 Å². The number of esters is 1. The first-order chi connectivity index (χ1) is 15.8. The molecule has 180 valence electrons. The first-order valence-corrected chi connectivity index (χ1v) is 14.7. The molecule has 0 radical (unpaired) electrons. The van der Waals surface area contributed by atoms with E-state index in [0.29, 0.717) is 12.5 Å². The summed E-state index contributed by atoms with van der Waals surface area (Å²) in [7, 11) is -2.72. The number of hydrogen-bond donors (Lipinski definition) is 0. The van der Waals surface area contributed by atoms with Crippen LogP contribution in [0, 0.1) is 11.8 Å². The molecule has 2 aromatic rings. The van der Waals surface area contributed by atoms with Crippen LogP contribution < -0.4 is 10.4 Å². The Kier molecular flexibility index (Phi) is 8.94. The van der Waals surface area contributed by atoms with Gasteiger partial charge in [-0.25, -0.2) is 0 Å². The summed E-state index contributed by atoms with van der Waals surface area (Å²) in [4.78, 5) is 13.3. The third-order valence-electron chi connectivity index (χ3n) is 7.20. The Hall–Kier alpha value is -1.91. The number of hydrogen-bond acceptors (Lipinski definition) is 3. The van der Waals surface area contributed by atoms with Crippen LogP contribution in [0.5, 0.6) is 0 Å². The summed E-state index contributed by atoms with van der Waals surface area (Å²) < 4.78 is 13.1. The molecule has 0 aliphatic heterocycles. The predicted molar refractivity (Wildman–Crippen MR) is 139 cm³/mol. The van der Waals surface area contributed by atoms with Crippen molar-refractivity contribution in [3.8, 4) is 0 Å². The predicted octanol–water partition coefficient (Wildman–Crippen LogP) is 6.10. The molecule has 0 bridgehead atoms. The summed E-state index contributed by atoms with van der Waals surface area (Å²) in [5, 5.41) is 2.43. The first-order valence-electron chi connectivity index (χ1n) is 12.8. The van der Waals surface area contributed by atoms with Crippen LogP contribution in [0.1, 0.15) is 73.1 Å². The smallest absolute Gasteiger partial charge is 0.311 e. The lowest BCUT2D eigenvalue weighted by Gasteiger charge is -2.48. The van der Waals surface area contributed by atoms with Crippen LogP contribution >= 0.6 is 0 Å². The minimum atomic E-state index is -2.72. The van der Waals surface area contributed by atoms with Crippen LogP contribution in [0.2, 0.25) is 5.04 Å². The van der Waals surface area contributed by atoms with E-state index < -0.39 is 8.32 Å². The molecule has 1 saturated carbocycles. The van der Waals surface area contributed by atoms with Gasteiger partial charge in [0.1, 0.15) is 0 Å². The lowest BCUT2D eigenvalue weighted by atomic mass is 9.75. The second-order valence-corrected chi connectivity index (χ2v) is 14.7. The molecule has 0 N–H and O–H groups in total. The molecule has 0 heterocycles. The van der Waals surface area contributed by atoms with E-state index in [9.17, 15) is 4.79 Å². The molecule has 3 atom stereocenters. The van der Waals surface area contributed by atoms with E-state index in [4.69, 9.17) is 9.16 Å². The highest BCUT2D eigenvalue weighted by Crippen LogP contribution is 2.43. The van der Waals surface area contributed by atoms with Gasteiger partial charge in [-0.3, -0.25) is 4.79 Å². The molecule has 4 heteroatoms. The standard InChI is InChI=1S/C29H42O3Si/c1-6-8-16-23-17-15-22-26(27(23)28(30)31-7-2)32-33(29(3,4)5,24-18-11-9-12-19-24)25-20-13-10-14-21-25/h9-14,18-21,23,26-27H,6-8,15-17,22H2,1-5H3/t23-,26-,27+/m0/s1. The SMILES string of the molecule is CCCC[C@H]1CCC[C@H](O[Si](c2ccccc2)(c2ccccc2)C(C)(C)C)[C@@H]1C(=O)OCC. The Morgan fingerprint density at radius 1 is 0.939 bits per heavy atom. The topological polar surface area (TPSA) is 35.5 Å². The normalized spacial score (nSPS) is 21.5. The number of unbranched alkanes of at least 4 members (excludes halogenated alkanes) is 1. The molecule has 0 saturated heterocycles. The van der Waals surface area contributed by atoms with Gasteiger partial charge in [0.2, 0.25) is 0 Å². The summed E-state index contributed by atoms with van der Waals surface area (Å²) in [5.74, 6) is 0.0779. The van der Waals surface area contributed by atoms with E-state index in [-0.39, 0.29) is 23.0 Å². The van der Waals surface area contributed by atoms with Gasteiger partial charge in [-0.15, -0.1) is 0 Å². The molecule has 0 spiro atoms. The first kappa shape index (κ1) is 25.7. The summed E-state index contributed by atoms with van der Waals surface area (Å²) in [5.41, 5.74) is 0. The lowest BCUT2D eigenvalue weighted by Crippen LogP contribution is -2.68. The Morgan fingerprint density at radius 2 is 1.52 bits per heavy atom. The lowest BCUT2D eigenvalue weighted by molar-refractivity contribution is -0.156. The van der Waals surface area contributed by atoms with Crippen LogP contribution in [0.15, 0.2) is 60.7 Å². The quantitative estimate of drug-likeness (QED) is 0.331. The minimum absolute atomic E-state index is 0.0683. The monoisotopic (exact) mass is 466 g/mol. The Bertz CT molecular complexity index is 820. The van der Waals surface area contributed by atoms with Crippen molar-refractivity contribution in [2.75, 3.05) is 6.61 Å². The number of rotatable bonds is 9. The molecular formula is C29H42O3Si. The van der Waals surface area contributed by atoms with Crippen molar-refractivity contribution in [3.63, 3.8) is 0 Å². The summed E-state index contributed by atoms with van der Waals surface area (Å²) >= 11 is 0. The number of carbonyl (C=O) groups excluding carboxylic acids is 1. The highest BCUT2D eigenvalue weighted by Gasteiger charge is 2.53. The van der Waals surface area contributed by atoms with Gasteiger partial charge in [-0.1, -0.05) is 108 Å². The third kappa shape index (κ3) is 5.60. The molecule has 1 aliphatic rings. The van der Waals surface area contributed by atoms with Gasteiger partial charge in [0, 0.05) is 0 Å². The number of carbonyl (C=O) groups is 1. The summed E-state index contributed by atoms with van der Waals surface area (Å²) in [6, 6.07) is 21.5. The fourth-order valence-electron chi connectivity index (χ4n) is 5.67. The van der Waals surface area contributed by atoms with Crippen molar-refractivity contribution < 1.29 is 14.0 Å². The molecule has 3 rings (SSSR count). The van der Waals surface area contributed by atoms with Crippen molar-refractivity contribution in [1.82, 2.24) is 0 Å². The zero-order valence-corrected chi connectivity index (χ0v) is 22.2. The van der Waals surface area contributed by atoms with E-state index in [1.54, 1.807) is 0 Å². The van der Waals surface area contributed by atoms with Crippen molar-refractivity contribution in [2.24, 2.45) is 11.8 Å². The fourth-order valence-corrected chi connectivity index (χ4v) is 10.4. The summed E-state index contributed by atoms with van der Waals surface area (Å²) in [6.07, 6.45) is 6.35. The van der Waals surface area contributed by atoms with Crippen molar-refractivity contribution >= 4 is 24.7 Å². The maximum atomic E-state index is 13.3. The highest BCUT2D eigenvalue weighted by atomic mass is 28.4. The van der Waals surface area contributed by atoms with E-state index in [1.165, 1.54) is 10.4 Å². The van der Waals surface area contributed by atoms with Gasteiger partial charge in [0.15, 0.2) is 0 Å². The molecule has 1 fully saturated rings. The summed E-state index contributed by atoms with van der Waals surface area (Å²) in [6.45, 7) is 11.4. The fraction of sp³-hybridized carbons (Fsp3) is 0.552. The Morgan fingerprint density at radius 3 is 2.00 bits per heavy atom. The zero-order chi connectivity index (χ0) is 23.9. The maximum absolute atomic E-state index is 13.3. The molecular weight excluding hydrogens is 424 g/mol. The molecule has 3 nitrogen and oxygen atoms in total. The van der Waals surface area contributed by atoms with E-state index in [2.05, 4.69) is 88.4 Å². The molecule has 33 heavy (non-hydrogen) atoms. The Balaban J connectivity index is 2.11. The average molecular weight is 467 g/mol. The largest absolute Gasteiger partial charge is 0.466 e. The number of benzene rings is 2. The van der Waals surface area contributed by atoms with Gasteiger partial charge in [-0.2, -0.15) is 0 Å². The molecule has 1 aliphatic carbocycles. The van der Waals surface area contributed by atoms with Crippen molar-refractivity contribution in [3.05, 3.63) is 60.7 Å². The van der Waals surface area contributed by atoms with E-state index >= 15 is 0 Å². The molecule has 0 aromatic heterocycles. The van der Waals surface area contributed by atoms with Gasteiger partial charge in [-0.05, 0) is 47.5 Å². The van der Waals surface area contributed by atoms with Gasteiger partial charge >= 0.3 is 5.97 Å². The number of ether oxygens (including phenoxy) is 1. The van der Waals surface area contributed by atoms with E-state index in [1.807, 2.05) is 6.92 Å². The molecule has 0 amide bonds. The van der Waals surface area contributed by atoms with Crippen LogP contribution in [-0.4, -0.2) is 27.0 Å². The van der Waals surface area contributed by atoms with Crippen LogP contribution in [0.25, 0.3) is 0 Å². The van der Waals surface area contributed by atoms with Gasteiger partial charge < -0.3 is 9.16 Å². The second-order valence-electron chi connectivity index (χ2n) is 10.4.